The van der Waals surface area contributed by atoms with Gasteiger partial charge in [-0.05, 0) is 49.6 Å². The minimum Gasteiger partial charge on any atom is -0.496 e. The van der Waals surface area contributed by atoms with E-state index in [2.05, 4.69) is 12.2 Å². The summed E-state index contributed by atoms with van der Waals surface area (Å²) in [5, 5.41) is 3.03. The number of benzene rings is 2. The van der Waals surface area contributed by atoms with Gasteiger partial charge in [-0.1, -0.05) is 25.1 Å². The van der Waals surface area contributed by atoms with Crippen molar-refractivity contribution in [3.8, 4) is 5.75 Å². The van der Waals surface area contributed by atoms with Gasteiger partial charge in [0.1, 0.15) is 5.75 Å². The van der Waals surface area contributed by atoms with Gasteiger partial charge >= 0.3 is 0 Å². The van der Waals surface area contributed by atoms with Crippen LogP contribution in [0.3, 0.4) is 0 Å². The summed E-state index contributed by atoms with van der Waals surface area (Å²) in [7, 11) is 1.61. The molecule has 2 rings (SSSR count). The number of ketones is 1. The predicted molar refractivity (Wildman–Crippen MR) is 108 cm³/mol. The van der Waals surface area contributed by atoms with Gasteiger partial charge in [-0.15, -0.1) is 11.8 Å². The van der Waals surface area contributed by atoms with Gasteiger partial charge in [-0.3, -0.25) is 9.59 Å². The van der Waals surface area contributed by atoms with E-state index in [4.69, 9.17) is 4.74 Å². The molecule has 1 N–H and O–H groups in total. The van der Waals surface area contributed by atoms with E-state index in [9.17, 15) is 9.59 Å². The molecular weight excluding hydrogens is 346 g/mol. The molecule has 2 aromatic rings. The number of para-hydroxylation sites is 1. The third-order valence-corrected chi connectivity index (χ3v) is 5.16. The van der Waals surface area contributed by atoms with Crippen LogP contribution in [0.15, 0.2) is 36.4 Å². The van der Waals surface area contributed by atoms with Crippen molar-refractivity contribution in [1.82, 2.24) is 0 Å². The van der Waals surface area contributed by atoms with Gasteiger partial charge in [0, 0.05) is 22.6 Å². The molecule has 0 unspecified atom stereocenters. The molecule has 0 radical (unpaired) electrons. The highest BCUT2D eigenvalue weighted by Gasteiger charge is 2.11. The van der Waals surface area contributed by atoms with Crippen LogP contribution in [0.5, 0.6) is 5.75 Å². The molecule has 2 aromatic carbocycles. The van der Waals surface area contributed by atoms with Crippen molar-refractivity contribution < 1.29 is 14.3 Å². The second-order valence-corrected chi connectivity index (χ2v) is 7.07. The SMILES string of the molecule is CCc1cccc(C)c1NC(=O)CSCc1cc(C(C)=O)ccc1OC. The predicted octanol–water partition coefficient (Wildman–Crippen LogP) is 4.64. The molecule has 1 amide bonds. The molecule has 0 fully saturated rings. The van der Waals surface area contributed by atoms with E-state index in [0.29, 0.717) is 17.1 Å². The molecule has 0 aliphatic carbocycles. The molecule has 4 nitrogen and oxygen atoms in total. The Kier molecular flexibility index (Phi) is 7.27. The Morgan fingerprint density at radius 1 is 1.15 bits per heavy atom. The van der Waals surface area contributed by atoms with Crippen molar-refractivity contribution in [2.45, 2.75) is 32.9 Å². The Bertz CT molecular complexity index is 802. The van der Waals surface area contributed by atoms with Crippen LogP contribution in [0.1, 0.15) is 40.9 Å². The smallest absolute Gasteiger partial charge is 0.234 e. The zero-order valence-electron chi connectivity index (χ0n) is 15.7. The molecule has 0 aliphatic rings. The summed E-state index contributed by atoms with van der Waals surface area (Å²) in [4.78, 5) is 23.9. The molecule has 0 aliphatic heterocycles. The van der Waals surface area contributed by atoms with E-state index in [1.165, 1.54) is 11.8 Å². The first-order chi connectivity index (χ1) is 12.5. The van der Waals surface area contributed by atoms with Crippen LogP contribution in [0.25, 0.3) is 0 Å². The Balaban J connectivity index is 1.99. The van der Waals surface area contributed by atoms with E-state index in [1.807, 2.05) is 31.2 Å². The van der Waals surface area contributed by atoms with Crippen LogP contribution in [0.4, 0.5) is 5.69 Å². The molecule has 138 valence electrons. The largest absolute Gasteiger partial charge is 0.496 e. The maximum atomic E-state index is 12.3. The number of thioether (sulfide) groups is 1. The zero-order chi connectivity index (χ0) is 19.1. The highest BCUT2D eigenvalue weighted by molar-refractivity contribution is 7.99. The number of carbonyl (C=O) groups excluding carboxylic acids is 2. The molecule has 0 bridgehead atoms. The third kappa shape index (κ3) is 5.11. The average molecular weight is 372 g/mol. The Morgan fingerprint density at radius 2 is 1.92 bits per heavy atom. The van der Waals surface area contributed by atoms with E-state index in [1.54, 1.807) is 26.2 Å². The van der Waals surface area contributed by atoms with Gasteiger partial charge in [0.25, 0.3) is 0 Å². The minimum absolute atomic E-state index is 0.0169. The maximum absolute atomic E-state index is 12.3. The summed E-state index contributed by atoms with van der Waals surface area (Å²) < 4.78 is 5.35. The monoisotopic (exact) mass is 371 g/mol. The summed E-state index contributed by atoms with van der Waals surface area (Å²) >= 11 is 1.50. The number of ether oxygens (including phenoxy) is 1. The van der Waals surface area contributed by atoms with E-state index in [0.717, 1.165) is 34.5 Å². The number of aryl methyl sites for hydroxylation is 2. The van der Waals surface area contributed by atoms with Crippen LogP contribution < -0.4 is 10.1 Å². The topological polar surface area (TPSA) is 55.4 Å². The zero-order valence-corrected chi connectivity index (χ0v) is 16.5. The van der Waals surface area contributed by atoms with Crippen molar-refractivity contribution in [2.75, 3.05) is 18.2 Å². The number of hydrogen-bond acceptors (Lipinski definition) is 4. The lowest BCUT2D eigenvalue weighted by atomic mass is 10.1. The van der Waals surface area contributed by atoms with Gasteiger partial charge in [0.2, 0.25) is 5.91 Å². The molecule has 0 saturated heterocycles. The summed E-state index contributed by atoms with van der Waals surface area (Å²) in [6.07, 6.45) is 0.874. The Hall–Kier alpha value is -2.27. The highest BCUT2D eigenvalue weighted by Crippen LogP contribution is 2.26. The fourth-order valence-electron chi connectivity index (χ4n) is 2.74. The molecule has 0 saturated carbocycles. The van der Waals surface area contributed by atoms with Crippen LogP contribution in [0, 0.1) is 6.92 Å². The summed E-state index contributed by atoms with van der Waals surface area (Å²) in [5.41, 5.74) is 4.69. The second kappa shape index (κ2) is 9.43. The maximum Gasteiger partial charge on any atom is 0.234 e. The number of hydrogen-bond donors (Lipinski definition) is 1. The summed E-state index contributed by atoms with van der Waals surface area (Å²) in [6, 6.07) is 11.4. The standard InChI is InChI=1S/C21H25NO3S/c1-5-16-8-6-7-14(2)21(16)22-20(24)13-26-12-18-11-17(15(3)23)9-10-19(18)25-4/h6-11H,5,12-13H2,1-4H3,(H,22,24). The molecule has 26 heavy (non-hydrogen) atoms. The highest BCUT2D eigenvalue weighted by atomic mass is 32.2. The molecule has 0 heterocycles. The molecule has 0 spiro atoms. The lowest BCUT2D eigenvalue weighted by molar-refractivity contribution is -0.113. The Labute approximate surface area is 159 Å². The van der Waals surface area contributed by atoms with Gasteiger partial charge in [0.15, 0.2) is 5.78 Å². The normalized spacial score (nSPS) is 10.5. The van der Waals surface area contributed by atoms with Gasteiger partial charge in [-0.2, -0.15) is 0 Å². The number of carbonyl (C=O) groups is 2. The van der Waals surface area contributed by atoms with Crippen molar-refractivity contribution in [2.24, 2.45) is 0 Å². The van der Waals surface area contributed by atoms with Gasteiger partial charge in [-0.25, -0.2) is 0 Å². The van der Waals surface area contributed by atoms with E-state index >= 15 is 0 Å². The van der Waals surface area contributed by atoms with Crippen LogP contribution in [0.2, 0.25) is 0 Å². The van der Waals surface area contributed by atoms with Gasteiger partial charge < -0.3 is 10.1 Å². The van der Waals surface area contributed by atoms with Crippen molar-refractivity contribution in [3.63, 3.8) is 0 Å². The molecule has 0 atom stereocenters. The van der Waals surface area contributed by atoms with Crippen LogP contribution in [-0.2, 0) is 17.0 Å². The average Bonchev–Trinajstić information content (AvgIpc) is 2.63. The molecular formula is C21H25NO3S. The summed E-state index contributed by atoms with van der Waals surface area (Å²) in [5.74, 6) is 1.66. The fourth-order valence-corrected chi connectivity index (χ4v) is 3.55. The first kappa shape index (κ1) is 20.0. The quantitative estimate of drug-likeness (QED) is 0.687. The molecule has 0 aromatic heterocycles. The minimum atomic E-state index is -0.0271. The van der Waals surface area contributed by atoms with Crippen molar-refractivity contribution in [1.29, 1.82) is 0 Å². The number of rotatable bonds is 8. The fraction of sp³-hybridized carbons (Fsp3) is 0.333. The lowest BCUT2D eigenvalue weighted by Crippen LogP contribution is -2.16. The summed E-state index contributed by atoms with van der Waals surface area (Å²) in [6.45, 7) is 5.62. The van der Waals surface area contributed by atoms with E-state index < -0.39 is 0 Å². The van der Waals surface area contributed by atoms with Gasteiger partial charge in [0.05, 0.1) is 12.9 Å². The first-order valence-corrected chi connectivity index (χ1v) is 9.75. The van der Waals surface area contributed by atoms with E-state index in [-0.39, 0.29) is 11.7 Å². The van der Waals surface area contributed by atoms with Crippen LogP contribution >= 0.6 is 11.8 Å². The number of anilines is 1. The molecule has 5 heteroatoms. The first-order valence-electron chi connectivity index (χ1n) is 8.60. The lowest BCUT2D eigenvalue weighted by Gasteiger charge is -2.13. The third-order valence-electron chi connectivity index (χ3n) is 4.18. The van der Waals surface area contributed by atoms with Crippen molar-refractivity contribution in [3.05, 3.63) is 58.7 Å². The Morgan fingerprint density at radius 3 is 2.58 bits per heavy atom. The number of Topliss-reactive ketones (excluding diaryl/α,β-unsaturated/α-hetero) is 1. The van der Waals surface area contributed by atoms with Crippen LogP contribution in [-0.4, -0.2) is 24.6 Å². The number of methoxy groups -OCH3 is 1. The second-order valence-electron chi connectivity index (χ2n) is 6.09. The number of nitrogens with one attached hydrogen (secondary N) is 1. The number of amides is 1. The van der Waals surface area contributed by atoms with Crippen molar-refractivity contribution >= 4 is 29.1 Å².